The molecule has 0 fully saturated rings. The van der Waals surface area contributed by atoms with Gasteiger partial charge in [-0.3, -0.25) is 19.8 Å². The van der Waals surface area contributed by atoms with Crippen LogP contribution >= 0.6 is 34.3 Å². The Labute approximate surface area is 195 Å². The van der Waals surface area contributed by atoms with Crippen molar-refractivity contribution in [2.45, 2.75) is 6.54 Å². The van der Waals surface area contributed by atoms with Gasteiger partial charge in [-0.2, -0.15) is 0 Å². The van der Waals surface area contributed by atoms with E-state index in [0.717, 1.165) is 15.0 Å². The molecular weight excluding hydrogens is 466 g/mol. The van der Waals surface area contributed by atoms with Gasteiger partial charge in [0.2, 0.25) is 0 Å². The summed E-state index contributed by atoms with van der Waals surface area (Å²) in [6.45, 7) is 0.339. The minimum atomic E-state index is -0.439. The van der Waals surface area contributed by atoms with Crippen LogP contribution in [0.1, 0.15) is 15.2 Å². The molecule has 2 aromatic heterocycles. The number of hydrogen-bond donors (Lipinski definition) is 0. The number of nitro groups is 1. The Hall–Kier alpha value is -3.33. The third-order valence-electron chi connectivity index (χ3n) is 4.94. The molecule has 3 aromatic carbocycles. The Bertz CT molecular complexity index is 1480. The number of rotatable bonds is 5. The fraction of sp³-hybridized carbons (Fsp3) is 0.0435. The smallest absolute Gasteiger partial charge is 0.270 e. The van der Waals surface area contributed by atoms with Crippen molar-refractivity contribution in [3.63, 3.8) is 0 Å². The molecule has 0 aliphatic carbocycles. The van der Waals surface area contributed by atoms with E-state index < -0.39 is 4.92 Å². The molecule has 32 heavy (non-hydrogen) atoms. The fourth-order valence-corrected chi connectivity index (χ4v) is 5.65. The summed E-state index contributed by atoms with van der Waals surface area (Å²) in [5, 5.41) is 12.9. The zero-order chi connectivity index (χ0) is 22.2. The van der Waals surface area contributed by atoms with Crippen molar-refractivity contribution >= 4 is 71.3 Å². The molecule has 0 unspecified atom stereocenters. The summed E-state index contributed by atoms with van der Waals surface area (Å²) in [6, 6.07) is 21.5. The van der Waals surface area contributed by atoms with Crippen LogP contribution in [0.5, 0.6) is 0 Å². The summed E-state index contributed by atoms with van der Waals surface area (Å²) in [5.74, 6) is -0.215. The van der Waals surface area contributed by atoms with Crippen molar-refractivity contribution in [3.8, 4) is 0 Å². The molecule has 0 saturated carbocycles. The number of amides is 1. The number of para-hydroxylation sites is 1. The van der Waals surface area contributed by atoms with Gasteiger partial charge in [0.15, 0.2) is 5.13 Å². The van der Waals surface area contributed by atoms with Crippen LogP contribution in [0.4, 0.5) is 10.8 Å². The number of halogens is 1. The van der Waals surface area contributed by atoms with Crippen molar-refractivity contribution in [2.24, 2.45) is 0 Å². The number of carbonyl (C=O) groups is 1. The second-order valence-corrected chi connectivity index (χ2v) is 9.55. The molecule has 0 bridgehead atoms. The van der Waals surface area contributed by atoms with E-state index in [1.807, 2.05) is 42.5 Å². The van der Waals surface area contributed by atoms with Crippen LogP contribution in [0.2, 0.25) is 5.02 Å². The van der Waals surface area contributed by atoms with Crippen molar-refractivity contribution < 1.29 is 9.72 Å². The molecule has 0 atom stereocenters. The van der Waals surface area contributed by atoms with Crippen LogP contribution in [0.3, 0.4) is 0 Å². The molecule has 0 radical (unpaired) electrons. The minimum Gasteiger partial charge on any atom is -0.279 e. The van der Waals surface area contributed by atoms with Gasteiger partial charge in [-0.15, -0.1) is 11.3 Å². The van der Waals surface area contributed by atoms with Crippen LogP contribution in [0, 0.1) is 10.1 Å². The molecular formula is C23H14ClN3O3S2. The maximum Gasteiger partial charge on any atom is 0.270 e. The number of hydrogen-bond acceptors (Lipinski definition) is 6. The van der Waals surface area contributed by atoms with Crippen LogP contribution in [0.15, 0.2) is 72.8 Å². The molecule has 0 aliphatic heterocycles. The van der Waals surface area contributed by atoms with Crippen molar-refractivity contribution in [1.82, 2.24) is 4.98 Å². The van der Waals surface area contributed by atoms with Gasteiger partial charge in [-0.1, -0.05) is 59.3 Å². The number of aromatic nitrogens is 1. The first-order valence-corrected chi connectivity index (χ1v) is 11.6. The number of nitro benzene ring substituents is 1. The number of carbonyl (C=O) groups excluding carboxylic acids is 1. The molecule has 1 amide bonds. The van der Waals surface area contributed by atoms with E-state index in [-0.39, 0.29) is 11.6 Å². The van der Waals surface area contributed by atoms with Crippen LogP contribution in [-0.4, -0.2) is 15.8 Å². The lowest BCUT2D eigenvalue weighted by Crippen LogP contribution is -2.29. The summed E-state index contributed by atoms with van der Waals surface area (Å²) < 4.78 is 1.70. The number of fused-ring (bicyclic) bond motifs is 2. The minimum absolute atomic E-state index is 0.00347. The lowest BCUT2D eigenvalue weighted by atomic mass is 10.2. The second-order valence-electron chi connectivity index (χ2n) is 7.05. The number of anilines is 1. The molecule has 0 N–H and O–H groups in total. The van der Waals surface area contributed by atoms with Gasteiger partial charge in [0, 0.05) is 22.2 Å². The highest BCUT2D eigenvalue weighted by Crippen LogP contribution is 2.36. The third-order valence-corrected chi connectivity index (χ3v) is 7.39. The summed E-state index contributed by atoms with van der Waals surface area (Å²) in [7, 11) is 0. The molecule has 5 aromatic rings. The number of nitrogens with zero attached hydrogens (tertiary/aromatic N) is 3. The van der Waals surface area contributed by atoms with Crippen LogP contribution in [-0.2, 0) is 6.54 Å². The van der Waals surface area contributed by atoms with Gasteiger partial charge < -0.3 is 0 Å². The lowest BCUT2D eigenvalue weighted by molar-refractivity contribution is -0.384. The van der Waals surface area contributed by atoms with E-state index in [0.29, 0.717) is 32.5 Å². The highest BCUT2D eigenvalue weighted by molar-refractivity contribution is 7.23. The molecule has 6 nitrogen and oxygen atoms in total. The molecule has 0 saturated heterocycles. The monoisotopic (exact) mass is 479 g/mol. The highest BCUT2D eigenvalue weighted by atomic mass is 35.5. The Morgan fingerprint density at radius 3 is 2.56 bits per heavy atom. The van der Waals surface area contributed by atoms with Gasteiger partial charge >= 0.3 is 0 Å². The average molecular weight is 480 g/mol. The highest BCUT2D eigenvalue weighted by Gasteiger charge is 2.24. The molecule has 0 aliphatic rings. The van der Waals surface area contributed by atoms with Crippen LogP contribution < -0.4 is 4.90 Å². The summed E-state index contributed by atoms with van der Waals surface area (Å²) in [5.41, 5.74) is 1.62. The summed E-state index contributed by atoms with van der Waals surface area (Å²) >= 11 is 9.02. The number of thiophene rings is 1. The number of non-ortho nitro benzene ring substituents is 1. The number of thiazole rings is 1. The van der Waals surface area contributed by atoms with E-state index in [4.69, 9.17) is 11.6 Å². The first-order chi connectivity index (χ1) is 15.5. The maximum atomic E-state index is 13.6. The Kier molecular flexibility index (Phi) is 5.34. The van der Waals surface area contributed by atoms with E-state index in [2.05, 4.69) is 4.98 Å². The maximum absolute atomic E-state index is 13.6. The predicted molar refractivity (Wildman–Crippen MR) is 130 cm³/mol. The Morgan fingerprint density at radius 2 is 1.81 bits per heavy atom. The fourth-order valence-electron chi connectivity index (χ4n) is 3.39. The molecule has 0 spiro atoms. The van der Waals surface area contributed by atoms with E-state index in [1.165, 1.54) is 34.8 Å². The van der Waals surface area contributed by atoms with Gasteiger partial charge in [0.25, 0.3) is 11.6 Å². The zero-order valence-electron chi connectivity index (χ0n) is 16.4. The topological polar surface area (TPSA) is 76.3 Å². The normalized spacial score (nSPS) is 11.2. The average Bonchev–Trinajstić information content (AvgIpc) is 3.42. The van der Waals surface area contributed by atoms with Gasteiger partial charge in [0.1, 0.15) is 5.52 Å². The largest absolute Gasteiger partial charge is 0.279 e. The van der Waals surface area contributed by atoms with Crippen molar-refractivity contribution in [2.75, 3.05) is 4.90 Å². The lowest BCUT2D eigenvalue weighted by Gasteiger charge is -2.19. The van der Waals surface area contributed by atoms with E-state index >= 15 is 0 Å². The summed E-state index contributed by atoms with van der Waals surface area (Å²) in [4.78, 5) is 31.1. The SMILES string of the molecule is O=C(c1cc2cc([N+](=O)[O-])ccc2s1)N(Cc1ccccc1)c1nc2c(Cl)cccc2s1. The van der Waals surface area contributed by atoms with Gasteiger partial charge in [0.05, 0.1) is 26.1 Å². The van der Waals surface area contributed by atoms with Crippen molar-refractivity contribution in [1.29, 1.82) is 0 Å². The first-order valence-electron chi connectivity index (χ1n) is 9.58. The molecule has 158 valence electrons. The van der Waals surface area contributed by atoms with E-state index in [9.17, 15) is 14.9 Å². The first kappa shape index (κ1) is 20.6. The predicted octanol–water partition coefficient (Wildman–Crippen LogP) is 6.92. The Morgan fingerprint density at radius 1 is 1.00 bits per heavy atom. The number of benzene rings is 3. The molecule has 5 rings (SSSR count). The van der Waals surface area contributed by atoms with Crippen molar-refractivity contribution in [3.05, 3.63) is 98.4 Å². The molecule has 2 heterocycles. The second kappa shape index (κ2) is 8.31. The van der Waals surface area contributed by atoms with Gasteiger partial charge in [-0.25, -0.2) is 4.98 Å². The Balaban J connectivity index is 1.59. The third kappa shape index (κ3) is 3.84. The standard InChI is InChI=1S/C23H14ClN3O3S2/c24-17-7-4-8-19-21(17)25-23(32-19)26(13-14-5-2-1-3-6-14)22(28)20-12-15-11-16(27(29)30)9-10-18(15)31-20/h1-12H,13H2. The quantitative estimate of drug-likeness (QED) is 0.202. The summed E-state index contributed by atoms with van der Waals surface area (Å²) in [6.07, 6.45) is 0. The van der Waals surface area contributed by atoms with Gasteiger partial charge in [-0.05, 0) is 29.8 Å². The van der Waals surface area contributed by atoms with Crippen LogP contribution in [0.25, 0.3) is 20.3 Å². The van der Waals surface area contributed by atoms with E-state index in [1.54, 1.807) is 23.1 Å². The molecule has 9 heteroatoms. The zero-order valence-corrected chi connectivity index (χ0v) is 18.8.